The molecule has 98 valence electrons. The first-order valence-electron chi connectivity index (χ1n) is 4.82. The van der Waals surface area contributed by atoms with Crippen molar-refractivity contribution < 1.29 is 33.3 Å². The summed E-state index contributed by atoms with van der Waals surface area (Å²) in [5.41, 5.74) is -0.207. The zero-order chi connectivity index (χ0) is 13.9. The molecule has 18 heavy (non-hydrogen) atoms. The predicted octanol–water partition coefficient (Wildman–Crippen LogP) is 1.53. The molecule has 1 rings (SSSR count). The van der Waals surface area contributed by atoms with Crippen molar-refractivity contribution in [2.24, 2.45) is 0 Å². The van der Waals surface area contributed by atoms with Crippen LogP contribution in [0.3, 0.4) is 0 Å². The number of benzene rings is 1. The number of carboxylic acids is 1. The predicted molar refractivity (Wildman–Crippen MR) is 55.8 cm³/mol. The van der Waals surface area contributed by atoms with Gasteiger partial charge in [-0.15, -0.1) is 0 Å². The number of halogens is 2. The number of carboxylic acid groups (broad SMARTS) is 1. The van der Waals surface area contributed by atoms with Crippen LogP contribution in [-0.2, 0) is 4.79 Å². The second-order valence-corrected chi connectivity index (χ2v) is 3.44. The van der Waals surface area contributed by atoms with E-state index in [1.807, 2.05) is 0 Å². The highest BCUT2D eigenvalue weighted by Gasteiger charge is 2.24. The van der Waals surface area contributed by atoms with Gasteiger partial charge in [0.2, 0.25) is 0 Å². The van der Waals surface area contributed by atoms with Gasteiger partial charge in [0, 0.05) is 16.7 Å². The summed E-state index contributed by atoms with van der Waals surface area (Å²) in [5.74, 6) is -2.10. The van der Waals surface area contributed by atoms with E-state index in [9.17, 15) is 23.5 Å². The fourth-order valence-electron chi connectivity index (χ4n) is 1.45. The molecule has 0 saturated heterocycles. The minimum absolute atomic E-state index is 0.0445. The summed E-state index contributed by atoms with van der Waals surface area (Å²) < 4.78 is 28.7. The van der Waals surface area contributed by atoms with Crippen molar-refractivity contribution in [3.63, 3.8) is 0 Å². The molecule has 0 radical (unpaired) electrons. The first-order valence-corrected chi connectivity index (χ1v) is 4.82. The van der Waals surface area contributed by atoms with Crippen LogP contribution in [0.2, 0.25) is 0 Å². The largest absolute Gasteiger partial charge is 0.479 e. The Kier molecular flexibility index (Phi) is 4.33. The van der Waals surface area contributed by atoms with E-state index in [0.29, 0.717) is 6.29 Å². The van der Waals surface area contributed by atoms with Crippen LogP contribution in [0.1, 0.15) is 27.6 Å². The van der Waals surface area contributed by atoms with E-state index in [-0.39, 0.29) is 16.7 Å². The number of aldehydes is 1. The lowest BCUT2D eigenvalue weighted by Crippen LogP contribution is -2.15. The smallest absolute Gasteiger partial charge is 0.387 e. The van der Waals surface area contributed by atoms with Gasteiger partial charge < -0.3 is 14.9 Å². The van der Waals surface area contributed by atoms with Crippen LogP contribution in [0.5, 0.6) is 5.75 Å². The van der Waals surface area contributed by atoms with E-state index in [1.165, 1.54) is 13.0 Å². The average molecular weight is 260 g/mol. The van der Waals surface area contributed by atoms with E-state index in [1.54, 1.807) is 0 Å². The standard InChI is InChI=1S/C11H10F2O5/c1-5-6(4-14)2-3-7(8(15)10(16)17)9(5)18-11(12)13/h2-4,8,11,15H,1H3,(H,16,17). The van der Waals surface area contributed by atoms with Crippen LogP contribution >= 0.6 is 0 Å². The molecule has 1 aromatic rings. The van der Waals surface area contributed by atoms with Crippen LogP contribution in [0.25, 0.3) is 0 Å². The van der Waals surface area contributed by atoms with E-state index in [0.717, 1.165) is 6.07 Å². The Bertz CT molecular complexity index is 473. The first-order chi connectivity index (χ1) is 8.38. The molecule has 2 N–H and O–H groups in total. The summed E-state index contributed by atoms with van der Waals surface area (Å²) in [4.78, 5) is 21.3. The second-order valence-electron chi connectivity index (χ2n) is 3.44. The Morgan fingerprint density at radius 1 is 1.44 bits per heavy atom. The quantitative estimate of drug-likeness (QED) is 0.784. The summed E-state index contributed by atoms with van der Waals surface area (Å²) in [6.45, 7) is -1.87. The SMILES string of the molecule is Cc1c(C=O)ccc(C(O)C(=O)O)c1OC(F)F. The third-order valence-corrected chi connectivity index (χ3v) is 2.34. The van der Waals surface area contributed by atoms with E-state index in [2.05, 4.69) is 4.74 Å². The molecule has 0 heterocycles. The van der Waals surface area contributed by atoms with E-state index >= 15 is 0 Å². The third kappa shape index (κ3) is 2.80. The molecule has 0 saturated carbocycles. The van der Waals surface area contributed by atoms with Crippen molar-refractivity contribution in [3.8, 4) is 5.75 Å². The molecule has 0 aliphatic heterocycles. The number of hydrogen-bond donors (Lipinski definition) is 2. The molecule has 0 aliphatic rings. The van der Waals surface area contributed by atoms with Crippen LogP contribution in [-0.4, -0.2) is 29.1 Å². The van der Waals surface area contributed by atoms with Gasteiger partial charge in [-0.3, -0.25) is 4.79 Å². The number of rotatable bonds is 5. The normalized spacial score (nSPS) is 12.3. The topological polar surface area (TPSA) is 83.8 Å². The van der Waals surface area contributed by atoms with Crippen molar-refractivity contribution >= 4 is 12.3 Å². The van der Waals surface area contributed by atoms with E-state index < -0.39 is 24.4 Å². The Labute approximate surface area is 101 Å². The first kappa shape index (κ1) is 14.0. The summed E-state index contributed by atoms with van der Waals surface area (Å²) in [6.07, 6.45) is -1.58. The molecule has 1 unspecified atom stereocenters. The van der Waals surface area contributed by atoms with Gasteiger partial charge in [0.1, 0.15) is 12.0 Å². The minimum Gasteiger partial charge on any atom is -0.479 e. The maximum absolute atomic E-state index is 12.2. The molecule has 0 spiro atoms. The monoisotopic (exact) mass is 260 g/mol. The second kappa shape index (κ2) is 5.54. The zero-order valence-electron chi connectivity index (χ0n) is 9.26. The van der Waals surface area contributed by atoms with Crippen molar-refractivity contribution in [1.82, 2.24) is 0 Å². The fourth-order valence-corrected chi connectivity index (χ4v) is 1.45. The summed E-state index contributed by atoms with van der Waals surface area (Å²) in [7, 11) is 0. The van der Waals surface area contributed by atoms with Gasteiger partial charge >= 0.3 is 12.6 Å². The Morgan fingerprint density at radius 3 is 2.50 bits per heavy atom. The highest BCUT2D eigenvalue weighted by molar-refractivity contribution is 5.81. The third-order valence-electron chi connectivity index (χ3n) is 2.34. The van der Waals surface area contributed by atoms with Gasteiger partial charge in [-0.05, 0) is 6.92 Å². The van der Waals surface area contributed by atoms with Gasteiger partial charge in [0.25, 0.3) is 0 Å². The van der Waals surface area contributed by atoms with Crippen molar-refractivity contribution in [2.45, 2.75) is 19.6 Å². The summed E-state index contributed by atoms with van der Waals surface area (Å²) in [5, 5.41) is 18.0. The lowest BCUT2D eigenvalue weighted by molar-refractivity contribution is -0.147. The minimum atomic E-state index is -3.19. The van der Waals surface area contributed by atoms with Gasteiger partial charge in [0.15, 0.2) is 6.10 Å². The van der Waals surface area contributed by atoms with Crippen LogP contribution < -0.4 is 4.74 Å². The Morgan fingerprint density at radius 2 is 2.06 bits per heavy atom. The maximum Gasteiger partial charge on any atom is 0.387 e. The average Bonchev–Trinajstić information content (AvgIpc) is 2.30. The number of aliphatic hydroxyl groups is 1. The molecule has 1 atom stereocenters. The van der Waals surface area contributed by atoms with Gasteiger partial charge in [0.05, 0.1) is 0 Å². The number of alkyl halides is 2. The van der Waals surface area contributed by atoms with Gasteiger partial charge in [-0.2, -0.15) is 8.78 Å². The number of carbonyl (C=O) groups is 2. The number of carbonyl (C=O) groups excluding carboxylic acids is 1. The molecule has 7 heteroatoms. The van der Waals surface area contributed by atoms with Crippen LogP contribution in [0.4, 0.5) is 8.78 Å². The molecule has 0 aliphatic carbocycles. The Hall–Kier alpha value is -2.02. The molecule has 0 aromatic heterocycles. The van der Waals surface area contributed by atoms with Crippen LogP contribution in [0.15, 0.2) is 12.1 Å². The number of aliphatic carboxylic acids is 1. The molecule has 0 fully saturated rings. The molecule has 5 nitrogen and oxygen atoms in total. The molecular weight excluding hydrogens is 250 g/mol. The highest BCUT2D eigenvalue weighted by atomic mass is 19.3. The highest BCUT2D eigenvalue weighted by Crippen LogP contribution is 2.32. The Balaban J connectivity index is 3.37. The summed E-state index contributed by atoms with van der Waals surface area (Å²) >= 11 is 0. The van der Waals surface area contributed by atoms with Crippen LogP contribution in [0, 0.1) is 6.92 Å². The number of ether oxygens (including phenoxy) is 1. The summed E-state index contributed by atoms with van der Waals surface area (Å²) in [6, 6.07) is 2.29. The van der Waals surface area contributed by atoms with E-state index in [4.69, 9.17) is 5.11 Å². The lowest BCUT2D eigenvalue weighted by Gasteiger charge is -2.16. The number of hydrogen-bond acceptors (Lipinski definition) is 4. The van der Waals surface area contributed by atoms with Gasteiger partial charge in [-0.25, -0.2) is 4.79 Å². The molecule has 1 aromatic carbocycles. The van der Waals surface area contributed by atoms with Crippen molar-refractivity contribution in [3.05, 3.63) is 28.8 Å². The molecule has 0 amide bonds. The molecule has 0 bridgehead atoms. The fraction of sp³-hybridized carbons (Fsp3) is 0.273. The number of aliphatic hydroxyl groups excluding tert-OH is 1. The van der Waals surface area contributed by atoms with Crippen molar-refractivity contribution in [2.75, 3.05) is 0 Å². The molecular formula is C11H10F2O5. The van der Waals surface area contributed by atoms with Crippen molar-refractivity contribution in [1.29, 1.82) is 0 Å². The van der Waals surface area contributed by atoms with Gasteiger partial charge in [-0.1, -0.05) is 12.1 Å². The lowest BCUT2D eigenvalue weighted by atomic mass is 10.0. The maximum atomic E-state index is 12.2. The zero-order valence-corrected chi connectivity index (χ0v) is 9.26.